The van der Waals surface area contributed by atoms with Crippen molar-refractivity contribution in [1.82, 2.24) is 14.7 Å². The fourth-order valence-corrected chi connectivity index (χ4v) is 4.17. The summed E-state index contributed by atoms with van der Waals surface area (Å²) in [5.41, 5.74) is 3.35. The molecule has 0 aromatic heterocycles. The lowest BCUT2D eigenvalue weighted by atomic mass is 10.1. The van der Waals surface area contributed by atoms with Crippen LogP contribution in [0.1, 0.15) is 34.3 Å². The molecule has 2 aromatic rings. The highest BCUT2D eigenvalue weighted by atomic mass is 16.2. The number of hydrogen-bond donors (Lipinski definition) is 0. The third-order valence-corrected chi connectivity index (χ3v) is 5.94. The van der Waals surface area contributed by atoms with E-state index in [0.717, 1.165) is 44.8 Å². The SMILES string of the molecule is O=C(c1ccc(CN2CCCC2)cc1)N1CCN(C/C=C/c2ccccc2)CC1. The standard InChI is InChI=1S/C25H31N3O/c29-25(24-12-10-23(11-13-24)21-27-14-4-5-15-27)28-19-17-26(18-20-28)16-6-9-22-7-2-1-3-8-22/h1-3,6-13H,4-5,14-21H2/b9-6+. The molecule has 0 saturated carbocycles. The van der Waals surface area contributed by atoms with Crippen molar-refractivity contribution >= 4 is 12.0 Å². The Morgan fingerprint density at radius 2 is 1.48 bits per heavy atom. The number of amides is 1. The molecule has 0 unspecified atom stereocenters. The van der Waals surface area contributed by atoms with E-state index >= 15 is 0 Å². The van der Waals surface area contributed by atoms with Crippen LogP contribution in [0.15, 0.2) is 60.7 Å². The molecule has 4 nitrogen and oxygen atoms in total. The van der Waals surface area contributed by atoms with E-state index in [1.165, 1.54) is 37.1 Å². The van der Waals surface area contributed by atoms with Gasteiger partial charge in [-0.05, 0) is 49.2 Å². The number of nitrogens with zero attached hydrogens (tertiary/aromatic N) is 3. The summed E-state index contributed by atoms with van der Waals surface area (Å²) < 4.78 is 0. The molecule has 0 aliphatic carbocycles. The van der Waals surface area contributed by atoms with Crippen LogP contribution >= 0.6 is 0 Å². The zero-order valence-electron chi connectivity index (χ0n) is 17.2. The molecule has 2 aromatic carbocycles. The highest BCUT2D eigenvalue weighted by Crippen LogP contribution is 2.15. The Balaban J connectivity index is 1.23. The van der Waals surface area contributed by atoms with Crippen molar-refractivity contribution in [3.8, 4) is 0 Å². The van der Waals surface area contributed by atoms with Crippen LogP contribution in [-0.2, 0) is 6.54 Å². The van der Waals surface area contributed by atoms with E-state index in [4.69, 9.17) is 0 Å². The quantitative estimate of drug-likeness (QED) is 0.753. The maximum atomic E-state index is 12.8. The van der Waals surface area contributed by atoms with Gasteiger partial charge in [0.15, 0.2) is 0 Å². The molecule has 2 fully saturated rings. The second-order valence-electron chi connectivity index (χ2n) is 8.09. The Morgan fingerprint density at radius 3 is 2.17 bits per heavy atom. The van der Waals surface area contributed by atoms with Gasteiger partial charge in [0.1, 0.15) is 0 Å². The maximum Gasteiger partial charge on any atom is 0.253 e. The van der Waals surface area contributed by atoms with Crippen molar-refractivity contribution in [2.75, 3.05) is 45.8 Å². The van der Waals surface area contributed by atoms with Gasteiger partial charge in [-0.25, -0.2) is 0 Å². The molecule has 0 N–H and O–H groups in total. The summed E-state index contributed by atoms with van der Waals surface area (Å²) in [4.78, 5) is 19.7. The normalized spacial score (nSPS) is 18.6. The number of piperazine rings is 1. The Morgan fingerprint density at radius 1 is 0.793 bits per heavy atom. The van der Waals surface area contributed by atoms with Gasteiger partial charge >= 0.3 is 0 Å². The first kappa shape index (κ1) is 19.9. The van der Waals surface area contributed by atoms with Crippen molar-refractivity contribution < 1.29 is 4.79 Å². The molecule has 2 saturated heterocycles. The number of benzene rings is 2. The molecule has 2 heterocycles. The predicted molar refractivity (Wildman–Crippen MR) is 119 cm³/mol. The summed E-state index contributed by atoms with van der Waals surface area (Å²) in [5.74, 6) is 0.164. The van der Waals surface area contributed by atoms with Crippen LogP contribution in [0.5, 0.6) is 0 Å². The van der Waals surface area contributed by atoms with E-state index in [1.54, 1.807) is 0 Å². The lowest BCUT2D eigenvalue weighted by molar-refractivity contribution is 0.0650. The number of likely N-dealkylation sites (tertiary alicyclic amines) is 1. The van der Waals surface area contributed by atoms with Crippen molar-refractivity contribution in [3.05, 3.63) is 77.4 Å². The minimum absolute atomic E-state index is 0.164. The van der Waals surface area contributed by atoms with Crippen LogP contribution < -0.4 is 0 Å². The zero-order valence-corrected chi connectivity index (χ0v) is 17.2. The first-order chi connectivity index (χ1) is 14.3. The largest absolute Gasteiger partial charge is 0.336 e. The summed E-state index contributed by atoms with van der Waals surface area (Å²) in [7, 11) is 0. The van der Waals surface area contributed by atoms with Gasteiger partial charge in [0, 0.05) is 44.8 Å². The van der Waals surface area contributed by atoms with Gasteiger partial charge < -0.3 is 4.90 Å². The second-order valence-corrected chi connectivity index (χ2v) is 8.09. The van der Waals surface area contributed by atoms with Crippen LogP contribution in [0.4, 0.5) is 0 Å². The maximum absolute atomic E-state index is 12.8. The Bertz CT molecular complexity index is 802. The summed E-state index contributed by atoms with van der Waals surface area (Å²) in [6, 6.07) is 18.6. The van der Waals surface area contributed by atoms with Gasteiger partial charge in [-0.1, -0.05) is 54.6 Å². The average Bonchev–Trinajstić information content (AvgIpc) is 3.28. The molecular weight excluding hydrogens is 358 g/mol. The van der Waals surface area contributed by atoms with E-state index in [9.17, 15) is 4.79 Å². The fraction of sp³-hybridized carbons (Fsp3) is 0.400. The minimum Gasteiger partial charge on any atom is -0.336 e. The van der Waals surface area contributed by atoms with Gasteiger partial charge in [0.05, 0.1) is 0 Å². The minimum atomic E-state index is 0.164. The number of carbonyl (C=O) groups is 1. The number of carbonyl (C=O) groups excluding carboxylic acids is 1. The third-order valence-electron chi connectivity index (χ3n) is 5.94. The molecule has 0 bridgehead atoms. The fourth-order valence-electron chi connectivity index (χ4n) is 4.17. The van der Waals surface area contributed by atoms with Crippen molar-refractivity contribution in [2.45, 2.75) is 19.4 Å². The smallest absolute Gasteiger partial charge is 0.253 e. The summed E-state index contributed by atoms with van der Waals surface area (Å²) >= 11 is 0. The molecule has 4 rings (SSSR count). The summed E-state index contributed by atoms with van der Waals surface area (Å²) in [6.45, 7) is 7.79. The topological polar surface area (TPSA) is 26.8 Å². The third kappa shape index (κ3) is 5.55. The van der Waals surface area contributed by atoms with Gasteiger partial charge in [0.25, 0.3) is 5.91 Å². The molecule has 2 aliphatic rings. The van der Waals surface area contributed by atoms with E-state index in [0.29, 0.717) is 0 Å². The molecule has 0 radical (unpaired) electrons. The number of hydrogen-bond acceptors (Lipinski definition) is 3. The molecule has 29 heavy (non-hydrogen) atoms. The van der Waals surface area contributed by atoms with E-state index in [1.807, 2.05) is 23.1 Å². The lowest BCUT2D eigenvalue weighted by Gasteiger charge is -2.34. The van der Waals surface area contributed by atoms with E-state index < -0.39 is 0 Å². The Hall–Kier alpha value is -2.43. The summed E-state index contributed by atoms with van der Waals surface area (Å²) in [5, 5.41) is 0. The van der Waals surface area contributed by atoms with E-state index in [-0.39, 0.29) is 5.91 Å². The second kappa shape index (κ2) is 9.86. The van der Waals surface area contributed by atoms with Crippen LogP contribution in [0, 0.1) is 0 Å². The van der Waals surface area contributed by atoms with Crippen molar-refractivity contribution in [2.24, 2.45) is 0 Å². The Labute approximate surface area is 174 Å². The Kier molecular flexibility index (Phi) is 6.75. The highest BCUT2D eigenvalue weighted by Gasteiger charge is 2.21. The van der Waals surface area contributed by atoms with Gasteiger partial charge in [0.2, 0.25) is 0 Å². The van der Waals surface area contributed by atoms with Crippen molar-refractivity contribution in [1.29, 1.82) is 0 Å². The van der Waals surface area contributed by atoms with E-state index in [2.05, 4.69) is 58.4 Å². The molecule has 1 amide bonds. The molecule has 4 heteroatoms. The monoisotopic (exact) mass is 389 g/mol. The molecule has 0 atom stereocenters. The van der Waals surface area contributed by atoms with Crippen molar-refractivity contribution in [3.63, 3.8) is 0 Å². The molecule has 2 aliphatic heterocycles. The average molecular weight is 390 g/mol. The van der Waals surface area contributed by atoms with Crippen LogP contribution in [0.25, 0.3) is 6.08 Å². The van der Waals surface area contributed by atoms with Gasteiger partial charge in [-0.15, -0.1) is 0 Å². The molecule has 0 spiro atoms. The molecule has 152 valence electrons. The summed E-state index contributed by atoms with van der Waals surface area (Å²) in [6.07, 6.45) is 7.00. The van der Waals surface area contributed by atoms with Crippen LogP contribution in [0.2, 0.25) is 0 Å². The van der Waals surface area contributed by atoms with Crippen LogP contribution in [0.3, 0.4) is 0 Å². The first-order valence-electron chi connectivity index (χ1n) is 10.8. The first-order valence-corrected chi connectivity index (χ1v) is 10.8. The number of rotatable bonds is 6. The van der Waals surface area contributed by atoms with Gasteiger partial charge in [-0.3, -0.25) is 14.6 Å². The van der Waals surface area contributed by atoms with Crippen LogP contribution in [-0.4, -0.2) is 66.4 Å². The predicted octanol–water partition coefficient (Wildman–Crippen LogP) is 3.75. The zero-order chi connectivity index (χ0) is 19.9. The molecular formula is C25H31N3O. The highest BCUT2D eigenvalue weighted by molar-refractivity contribution is 5.94. The lowest BCUT2D eigenvalue weighted by Crippen LogP contribution is -2.48. The van der Waals surface area contributed by atoms with Gasteiger partial charge in [-0.2, -0.15) is 0 Å².